The van der Waals surface area contributed by atoms with Crippen LogP contribution in [0.4, 0.5) is 0 Å². The lowest BCUT2D eigenvalue weighted by atomic mass is 9.43. The van der Waals surface area contributed by atoms with Crippen molar-refractivity contribution < 1.29 is 58.8 Å². The van der Waals surface area contributed by atoms with Gasteiger partial charge in [0, 0.05) is 17.6 Å². The Kier molecular flexibility index (Phi) is 9.81. The number of cyclic esters (lactones) is 1. The van der Waals surface area contributed by atoms with Crippen LogP contribution in [0.3, 0.4) is 0 Å². The van der Waals surface area contributed by atoms with Gasteiger partial charge in [-0.2, -0.15) is 0 Å². The Bertz CT molecular complexity index is 1560. The van der Waals surface area contributed by atoms with Crippen LogP contribution in [-0.2, 0) is 28.5 Å². The SMILES string of the molecule is COc1cc(C=CC(=O)OCC2OC(OC3CCC4(C)C(CCC5C4CCC4(C)C(C6=CC(=O)OC6)CCC54O)C3)C(O)C(O)C2O)ccc1O. The normalized spacial score (nSPS) is 43.5. The molecule has 2 heterocycles. The zero-order valence-electron chi connectivity index (χ0n) is 29.6. The summed E-state index contributed by atoms with van der Waals surface area (Å²) in [6.07, 6.45) is 4.94. The van der Waals surface area contributed by atoms with Gasteiger partial charge in [0.15, 0.2) is 17.8 Å². The van der Waals surface area contributed by atoms with Gasteiger partial charge in [-0.15, -0.1) is 0 Å². The maximum absolute atomic E-state index is 12.5. The first-order valence-electron chi connectivity index (χ1n) is 18.4. The van der Waals surface area contributed by atoms with Crippen molar-refractivity contribution in [2.24, 2.45) is 34.5 Å². The number of phenolic OH excluding ortho intramolecular Hbond substituents is 1. The molecule has 6 aliphatic rings. The Morgan fingerprint density at radius 1 is 1.00 bits per heavy atom. The first-order chi connectivity index (χ1) is 24.3. The van der Waals surface area contributed by atoms with Crippen molar-refractivity contribution in [1.29, 1.82) is 0 Å². The molecule has 12 nitrogen and oxygen atoms in total. The van der Waals surface area contributed by atoms with Crippen LogP contribution < -0.4 is 4.74 Å². The lowest BCUT2D eigenvalue weighted by Gasteiger charge is -2.64. The van der Waals surface area contributed by atoms with E-state index in [1.807, 2.05) is 0 Å². The topological polar surface area (TPSA) is 181 Å². The van der Waals surface area contributed by atoms with E-state index in [9.17, 15) is 35.1 Å². The lowest BCUT2D eigenvalue weighted by Crippen LogP contribution is -2.63. The highest BCUT2D eigenvalue weighted by atomic mass is 16.7. The average molecular weight is 713 g/mol. The zero-order valence-corrected chi connectivity index (χ0v) is 29.6. The van der Waals surface area contributed by atoms with Gasteiger partial charge in [0.25, 0.3) is 0 Å². The van der Waals surface area contributed by atoms with Crippen molar-refractivity contribution in [3.63, 3.8) is 0 Å². The standard InChI is InChI=1S/C39H52O12/c1-37-13-10-24(18-23(37)6-7-27-26(37)11-14-38(2)25(12-15-39(27,38)46)22-17-32(42)48-19-22)50-36-35(45)34(44)33(43)30(51-36)20-49-31(41)9-5-21-4-8-28(40)29(16-21)47-3/h4-5,8-9,16-17,23-27,30,33-36,40,43-46H,6-7,10-15,18-20H2,1-3H3. The van der Waals surface area contributed by atoms with E-state index < -0.39 is 42.3 Å². The number of aliphatic hydroxyl groups is 4. The minimum atomic E-state index is -1.56. The fourth-order valence-corrected chi connectivity index (χ4v) is 11.0. The minimum Gasteiger partial charge on any atom is -0.504 e. The third-order valence-corrected chi connectivity index (χ3v) is 13.9. The van der Waals surface area contributed by atoms with Gasteiger partial charge in [0.2, 0.25) is 0 Å². The van der Waals surface area contributed by atoms with Crippen LogP contribution in [-0.4, -0.2) is 100 Å². The molecule has 13 unspecified atom stereocenters. The summed E-state index contributed by atoms with van der Waals surface area (Å²) in [5.74, 6) is 0.278. The Balaban J connectivity index is 0.959. The van der Waals surface area contributed by atoms with E-state index in [2.05, 4.69) is 13.8 Å². The van der Waals surface area contributed by atoms with Crippen molar-refractivity contribution >= 4 is 18.0 Å². The maximum Gasteiger partial charge on any atom is 0.331 e. The number of aromatic hydroxyl groups is 1. The molecule has 0 spiro atoms. The quantitative estimate of drug-likeness (QED) is 0.151. The second kappa shape index (κ2) is 13.8. The Morgan fingerprint density at radius 3 is 2.55 bits per heavy atom. The van der Waals surface area contributed by atoms with Gasteiger partial charge in [-0.25, -0.2) is 9.59 Å². The van der Waals surface area contributed by atoms with Crippen LogP contribution in [0, 0.1) is 34.5 Å². The number of carbonyl (C=O) groups is 2. The van der Waals surface area contributed by atoms with Gasteiger partial charge in [-0.3, -0.25) is 0 Å². The van der Waals surface area contributed by atoms with E-state index in [-0.39, 0.29) is 52.8 Å². The van der Waals surface area contributed by atoms with Gasteiger partial charge in [0.1, 0.15) is 37.6 Å². The Hall–Kier alpha value is -3.00. The van der Waals surface area contributed by atoms with Crippen LogP contribution in [0.5, 0.6) is 11.5 Å². The number of methoxy groups -OCH3 is 1. The highest BCUT2D eigenvalue weighted by Gasteiger charge is 2.67. The van der Waals surface area contributed by atoms with Crippen LogP contribution in [0.2, 0.25) is 0 Å². The molecule has 2 aliphatic heterocycles. The molecule has 4 saturated carbocycles. The highest BCUT2D eigenvalue weighted by Crippen LogP contribution is 2.70. The molecular formula is C39H52O12. The van der Waals surface area contributed by atoms with Crippen molar-refractivity contribution in [3.8, 4) is 11.5 Å². The minimum absolute atomic E-state index is 0.0148. The first kappa shape index (κ1) is 36.4. The Morgan fingerprint density at radius 2 is 1.80 bits per heavy atom. The maximum atomic E-state index is 12.5. The Labute approximate surface area is 298 Å². The molecule has 0 amide bonds. The average Bonchev–Trinajstić information content (AvgIpc) is 3.66. The molecule has 0 radical (unpaired) electrons. The summed E-state index contributed by atoms with van der Waals surface area (Å²) in [5, 5.41) is 54.4. The number of aliphatic hydroxyl groups excluding tert-OH is 3. The fraction of sp³-hybridized carbons (Fsp3) is 0.692. The van der Waals surface area contributed by atoms with E-state index >= 15 is 0 Å². The molecule has 51 heavy (non-hydrogen) atoms. The highest BCUT2D eigenvalue weighted by molar-refractivity contribution is 5.87. The van der Waals surface area contributed by atoms with Gasteiger partial charge >= 0.3 is 11.9 Å². The van der Waals surface area contributed by atoms with Crippen LogP contribution in [0.25, 0.3) is 6.08 Å². The van der Waals surface area contributed by atoms with E-state index in [4.69, 9.17) is 23.7 Å². The number of hydrogen-bond donors (Lipinski definition) is 5. The summed E-state index contributed by atoms with van der Waals surface area (Å²) in [6.45, 7) is 4.56. The first-order valence-corrected chi connectivity index (χ1v) is 18.4. The summed E-state index contributed by atoms with van der Waals surface area (Å²) >= 11 is 0. The number of esters is 2. The molecule has 5 N–H and O–H groups in total. The molecule has 7 rings (SSSR count). The summed E-state index contributed by atoms with van der Waals surface area (Å²) < 4.78 is 27.9. The fourth-order valence-electron chi connectivity index (χ4n) is 11.0. The summed E-state index contributed by atoms with van der Waals surface area (Å²) in [6, 6.07) is 4.60. The number of carbonyl (C=O) groups excluding carboxylic acids is 2. The van der Waals surface area contributed by atoms with Crippen molar-refractivity contribution in [2.45, 2.75) is 114 Å². The number of fused-ring (bicyclic) bond motifs is 5. The molecule has 0 bridgehead atoms. The van der Waals surface area contributed by atoms with E-state index in [0.717, 1.165) is 63.4 Å². The molecule has 13 atom stereocenters. The van der Waals surface area contributed by atoms with Crippen LogP contribution in [0.1, 0.15) is 77.2 Å². The largest absolute Gasteiger partial charge is 0.504 e. The van der Waals surface area contributed by atoms with Crippen molar-refractivity contribution in [3.05, 3.63) is 41.5 Å². The zero-order chi connectivity index (χ0) is 36.3. The van der Waals surface area contributed by atoms with E-state index in [1.165, 1.54) is 25.3 Å². The van der Waals surface area contributed by atoms with Crippen molar-refractivity contribution in [1.82, 2.24) is 0 Å². The second-order valence-electron chi connectivity index (χ2n) is 16.2. The van der Waals surface area contributed by atoms with Gasteiger partial charge in [-0.1, -0.05) is 19.9 Å². The molecule has 4 aliphatic carbocycles. The van der Waals surface area contributed by atoms with Gasteiger partial charge < -0.3 is 49.2 Å². The third-order valence-electron chi connectivity index (χ3n) is 13.9. The van der Waals surface area contributed by atoms with Gasteiger partial charge in [-0.05, 0) is 116 Å². The second-order valence-corrected chi connectivity index (χ2v) is 16.2. The molecule has 5 fully saturated rings. The molecule has 1 saturated heterocycles. The molecule has 12 heteroatoms. The third kappa shape index (κ3) is 6.29. The number of ether oxygens (including phenoxy) is 5. The predicted molar refractivity (Wildman–Crippen MR) is 182 cm³/mol. The molecule has 1 aromatic carbocycles. The molecular weight excluding hydrogens is 660 g/mol. The number of phenols is 1. The summed E-state index contributed by atoms with van der Waals surface area (Å²) in [4.78, 5) is 24.4. The molecule has 0 aromatic heterocycles. The smallest absolute Gasteiger partial charge is 0.331 e. The molecule has 1 aromatic rings. The summed E-state index contributed by atoms with van der Waals surface area (Å²) in [5.41, 5.74) is 0.554. The summed E-state index contributed by atoms with van der Waals surface area (Å²) in [7, 11) is 1.42. The van der Waals surface area contributed by atoms with E-state index in [1.54, 1.807) is 18.2 Å². The van der Waals surface area contributed by atoms with Crippen LogP contribution >= 0.6 is 0 Å². The monoisotopic (exact) mass is 712 g/mol. The number of rotatable bonds is 8. The van der Waals surface area contributed by atoms with Crippen molar-refractivity contribution in [2.75, 3.05) is 20.3 Å². The lowest BCUT2D eigenvalue weighted by molar-refractivity contribution is -0.317. The molecule has 280 valence electrons. The van der Waals surface area contributed by atoms with E-state index in [0.29, 0.717) is 24.0 Å². The number of benzene rings is 1. The predicted octanol–water partition coefficient (Wildman–Crippen LogP) is 3.41. The number of hydrogen-bond acceptors (Lipinski definition) is 12. The van der Waals surface area contributed by atoms with Crippen LogP contribution in [0.15, 0.2) is 35.9 Å². The van der Waals surface area contributed by atoms with Gasteiger partial charge in [0.05, 0.1) is 18.8 Å².